The molecule has 1 aliphatic rings. The van der Waals surface area contributed by atoms with Crippen LogP contribution in [-0.2, 0) is 0 Å². The van der Waals surface area contributed by atoms with E-state index in [-0.39, 0.29) is 0 Å². The van der Waals surface area contributed by atoms with Gasteiger partial charge in [0, 0.05) is 11.9 Å². The topological polar surface area (TPSA) is 3.24 Å². The van der Waals surface area contributed by atoms with Crippen molar-refractivity contribution >= 4 is 15.9 Å². The molecule has 1 atom stereocenters. The van der Waals surface area contributed by atoms with Crippen molar-refractivity contribution in [2.75, 3.05) is 25.0 Å². The van der Waals surface area contributed by atoms with Gasteiger partial charge in [-0.25, -0.2) is 0 Å². The second-order valence-electron chi connectivity index (χ2n) is 5.75. The van der Waals surface area contributed by atoms with Gasteiger partial charge in [0.2, 0.25) is 0 Å². The number of halogens is 1. The van der Waals surface area contributed by atoms with Gasteiger partial charge in [0.05, 0.1) is 0 Å². The normalized spacial score (nSPS) is 24.8. The zero-order chi connectivity index (χ0) is 11.3. The summed E-state index contributed by atoms with van der Waals surface area (Å²) in [6.07, 6.45) is 5.44. The largest absolute Gasteiger partial charge is 0.303 e. The van der Waals surface area contributed by atoms with Crippen LogP contribution in [0, 0.1) is 11.3 Å². The monoisotopic (exact) mass is 275 g/mol. The van der Waals surface area contributed by atoms with Gasteiger partial charge in [0.25, 0.3) is 0 Å². The quantitative estimate of drug-likeness (QED) is 0.703. The zero-order valence-corrected chi connectivity index (χ0v) is 12.1. The summed E-state index contributed by atoms with van der Waals surface area (Å²) in [5, 5.41) is 1.16. The average molecular weight is 276 g/mol. The maximum atomic E-state index is 3.62. The molecule has 90 valence electrons. The van der Waals surface area contributed by atoms with Crippen LogP contribution in [0.5, 0.6) is 0 Å². The van der Waals surface area contributed by atoms with Crippen molar-refractivity contribution in [2.45, 2.75) is 46.5 Å². The van der Waals surface area contributed by atoms with E-state index in [9.17, 15) is 0 Å². The van der Waals surface area contributed by atoms with Crippen molar-refractivity contribution in [3.63, 3.8) is 0 Å². The van der Waals surface area contributed by atoms with Gasteiger partial charge in [-0.2, -0.15) is 0 Å². The fourth-order valence-electron chi connectivity index (χ4n) is 2.31. The standard InChI is InChI=1S/C13H26BrN/c1-4-12(10-14)11-15-8-5-6-13(2,3)7-9-15/h12H,4-11H2,1-3H3. The van der Waals surface area contributed by atoms with E-state index >= 15 is 0 Å². The highest BCUT2D eigenvalue weighted by molar-refractivity contribution is 9.09. The zero-order valence-electron chi connectivity index (χ0n) is 10.6. The van der Waals surface area contributed by atoms with Crippen LogP contribution in [0.4, 0.5) is 0 Å². The first-order chi connectivity index (χ1) is 7.07. The van der Waals surface area contributed by atoms with Crippen LogP contribution in [-0.4, -0.2) is 29.9 Å². The van der Waals surface area contributed by atoms with Crippen LogP contribution in [0.3, 0.4) is 0 Å². The van der Waals surface area contributed by atoms with Crippen molar-refractivity contribution in [1.82, 2.24) is 4.90 Å². The highest BCUT2D eigenvalue weighted by Crippen LogP contribution is 2.30. The first-order valence-corrected chi connectivity index (χ1v) is 7.48. The van der Waals surface area contributed by atoms with Gasteiger partial charge in [-0.1, -0.05) is 43.1 Å². The Morgan fingerprint density at radius 3 is 2.60 bits per heavy atom. The van der Waals surface area contributed by atoms with Crippen LogP contribution in [0.1, 0.15) is 46.5 Å². The minimum absolute atomic E-state index is 0.574. The van der Waals surface area contributed by atoms with Crippen molar-refractivity contribution in [1.29, 1.82) is 0 Å². The molecule has 0 aromatic carbocycles. The predicted molar refractivity (Wildman–Crippen MR) is 71.6 cm³/mol. The Hall–Kier alpha value is 0.440. The number of hydrogen-bond donors (Lipinski definition) is 0. The summed E-state index contributed by atoms with van der Waals surface area (Å²) >= 11 is 3.62. The number of likely N-dealkylation sites (tertiary alicyclic amines) is 1. The molecule has 1 aliphatic heterocycles. The molecule has 0 spiro atoms. The van der Waals surface area contributed by atoms with Gasteiger partial charge < -0.3 is 4.90 Å². The fraction of sp³-hybridized carbons (Fsp3) is 1.00. The molecule has 2 heteroatoms. The lowest BCUT2D eigenvalue weighted by Crippen LogP contribution is -2.31. The molecule has 0 amide bonds. The Morgan fingerprint density at radius 2 is 2.00 bits per heavy atom. The van der Waals surface area contributed by atoms with Crippen molar-refractivity contribution < 1.29 is 0 Å². The lowest BCUT2D eigenvalue weighted by Gasteiger charge is -2.25. The molecule has 1 nitrogen and oxygen atoms in total. The van der Waals surface area contributed by atoms with Crippen LogP contribution in [0.2, 0.25) is 0 Å². The molecule has 0 N–H and O–H groups in total. The van der Waals surface area contributed by atoms with Gasteiger partial charge in [-0.3, -0.25) is 0 Å². The summed E-state index contributed by atoms with van der Waals surface area (Å²) in [5.74, 6) is 0.839. The Kier molecular flexibility index (Phi) is 5.62. The van der Waals surface area contributed by atoms with Crippen LogP contribution < -0.4 is 0 Å². The first kappa shape index (κ1) is 13.5. The van der Waals surface area contributed by atoms with Crippen molar-refractivity contribution in [2.24, 2.45) is 11.3 Å². The second-order valence-corrected chi connectivity index (χ2v) is 6.39. The molecule has 1 heterocycles. The third-order valence-corrected chi connectivity index (χ3v) is 4.66. The van der Waals surface area contributed by atoms with Gasteiger partial charge in [0.1, 0.15) is 0 Å². The maximum absolute atomic E-state index is 3.62. The van der Waals surface area contributed by atoms with Crippen LogP contribution in [0.25, 0.3) is 0 Å². The molecule has 0 bridgehead atoms. The number of rotatable bonds is 4. The van der Waals surface area contributed by atoms with E-state index < -0.39 is 0 Å². The summed E-state index contributed by atoms with van der Waals surface area (Å²) < 4.78 is 0. The van der Waals surface area contributed by atoms with Crippen LogP contribution in [0.15, 0.2) is 0 Å². The number of nitrogens with zero attached hydrogens (tertiary/aromatic N) is 1. The van der Waals surface area contributed by atoms with Gasteiger partial charge >= 0.3 is 0 Å². The smallest absolute Gasteiger partial charge is 0.00717 e. The van der Waals surface area contributed by atoms with E-state index in [1.807, 2.05) is 0 Å². The minimum atomic E-state index is 0.574. The molecule has 0 saturated carbocycles. The molecule has 1 rings (SSSR count). The predicted octanol–water partition coefficient (Wildman–Crippen LogP) is 3.92. The summed E-state index contributed by atoms with van der Waals surface area (Å²) in [5.41, 5.74) is 0.574. The lowest BCUT2D eigenvalue weighted by molar-refractivity contribution is 0.233. The second kappa shape index (κ2) is 6.24. The van der Waals surface area contributed by atoms with E-state index in [4.69, 9.17) is 0 Å². The number of alkyl halides is 1. The Labute approximate surface area is 104 Å². The Morgan fingerprint density at radius 1 is 1.27 bits per heavy atom. The van der Waals surface area contributed by atoms with Gasteiger partial charge in [0.15, 0.2) is 0 Å². The number of hydrogen-bond acceptors (Lipinski definition) is 1. The molecule has 0 radical (unpaired) electrons. The van der Waals surface area contributed by atoms with Crippen molar-refractivity contribution in [3.8, 4) is 0 Å². The summed E-state index contributed by atoms with van der Waals surface area (Å²) in [4.78, 5) is 2.67. The summed E-state index contributed by atoms with van der Waals surface area (Å²) in [6.45, 7) is 11.0. The van der Waals surface area contributed by atoms with Crippen LogP contribution >= 0.6 is 15.9 Å². The summed E-state index contributed by atoms with van der Waals surface area (Å²) in [6, 6.07) is 0. The van der Waals surface area contributed by atoms with E-state index in [0.29, 0.717) is 5.41 Å². The highest BCUT2D eigenvalue weighted by Gasteiger charge is 2.23. The molecule has 1 unspecified atom stereocenters. The van der Waals surface area contributed by atoms with E-state index in [2.05, 4.69) is 41.6 Å². The van der Waals surface area contributed by atoms with E-state index in [0.717, 1.165) is 11.2 Å². The minimum Gasteiger partial charge on any atom is -0.303 e. The summed E-state index contributed by atoms with van der Waals surface area (Å²) in [7, 11) is 0. The molecule has 0 aliphatic carbocycles. The molecular weight excluding hydrogens is 250 g/mol. The van der Waals surface area contributed by atoms with Gasteiger partial charge in [-0.05, 0) is 43.7 Å². The molecule has 15 heavy (non-hydrogen) atoms. The van der Waals surface area contributed by atoms with E-state index in [1.54, 1.807) is 0 Å². The third-order valence-electron chi connectivity index (χ3n) is 3.74. The molecular formula is C13H26BrN. The SMILES string of the molecule is CCC(CBr)CN1CCCC(C)(C)CC1. The van der Waals surface area contributed by atoms with E-state index in [1.165, 1.54) is 45.3 Å². The Bertz CT molecular complexity index is 175. The molecule has 0 aromatic rings. The average Bonchev–Trinajstić information content (AvgIpc) is 2.36. The van der Waals surface area contributed by atoms with Crippen molar-refractivity contribution in [3.05, 3.63) is 0 Å². The van der Waals surface area contributed by atoms with Gasteiger partial charge in [-0.15, -0.1) is 0 Å². The first-order valence-electron chi connectivity index (χ1n) is 6.35. The molecule has 1 fully saturated rings. The fourth-order valence-corrected chi connectivity index (χ4v) is 2.98. The molecule has 0 aromatic heterocycles. The lowest BCUT2D eigenvalue weighted by atomic mass is 9.85. The maximum Gasteiger partial charge on any atom is 0.00717 e. The Balaban J connectivity index is 2.37. The third kappa shape index (κ3) is 4.86. The molecule has 1 saturated heterocycles. The highest BCUT2D eigenvalue weighted by atomic mass is 79.9.